The summed E-state index contributed by atoms with van der Waals surface area (Å²) in [6.07, 6.45) is 7.85. The van der Waals surface area contributed by atoms with Gasteiger partial charge in [0.1, 0.15) is 11.8 Å². The highest BCUT2D eigenvalue weighted by atomic mass is 16.5. The van der Waals surface area contributed by atoms with Crippen molar-refractivity contribution in [2.75, 3.05) is 0 Å². The van der Waals surface area contributed by atoms with Crippen LogP contribution in [0.3, 0.4) is 0 Å². The first-order valence-corrected chi connectivity index (χ1v) is 5.02. The number of ether oxygens (including phenoxy) is 1. The third-order valence-electron chi connectivity index (χ3n) is 2.72. The fraction of sp³-hybridized carbons (Fsp3) is 0.364. The van der Waals surface area contributed by atoms with Crippen LogP contribution in [0, 0.1) is 0 Å². The van der Waals surface area contributed by atoms with E-state index in [1.54, 1.807) is 6.20 Å². The van der Waals surface area contributed by atoms with Crippen molar-refractivity contribution in [3.8, 4) is 5.88 Å². The molecule has 2 aromatic rings. The maximum Gasteiger partial charge on any atom is 0.218 e. The van der Waals surface area contributed by atoms with Gasteiger partial charge in [0.05, 0.1) is 6.20 Å². The Bertz CT molecular complexity index is 445. The Kier molecular flexibility index (Phi) is 1.69. The molecule has 0 saturated heterocycles. The molecule has 14 heavy (non-hydrogen) atoms. The van der Waals surface area contributed by atoms with Crippen molar-refractivity contribution < 1.29 is 4.74 Å². The van der Waals surface area contributed by atoms with Crippen molar-refractivity contribution in [2.24, 2.45) is 0 Å². The second-order valence-corrected chi connectivity index (χ2v) is 3.70. The molecule has 0 N–H and O–H groups in total. The molecule has 1 aliphatic carbocycles. The largest absolute Gasteiger partial charge is 0.474 e. The number of imidazole rings is 1. The quantitative estimate of drug-likeness (QED) is 0.722. The molecule has 1 fully saturated rings. The Hall–Kier alpha value is -1.51. The van der Waals surface area contributed by atoms with E-state index in [0.29, 0.717) is 6.10 Å². The van der Waals surface area contributed by atoms with Crippen LogP contribution in [0.25, 0.3) is 5.65 Å². The molecule has 0 amide bonds. The standard InChI is InChI=1S/C11H12N2O/c1-2-7-13-10(6-1)12-8-11(13)14-9-4-3-5-9/h1-2,6-9H,3-5H2. The summed E-state index contributed by atoms with van der Waals surface area (Å²) in [5, 5.41) is 0. The molecular weight excluding hydrogens is 176 g/mol. The summed E-state index contributed by atoms with van der Waals surface area (Å²) in [6, 6.07) is 5.95. The molecule has 1 saturated carbocycles. The normalized spacial score (nSPS) is 16.9. The Labute approximate surface area is 82.3 Å². The van der Waals surface area contributed by atoms with Gasteiger partial charge in [-0.1, -0.05) is 6.07 Å². The Morgan fingerprint density at radius 3 is 3.07 bits per heavy atom. The van der Waals surface area contributed by atoms with E-state index < -0.39 is 0 Å². The van der Waals surface area contributed by atoms with Crippen molar-refractivity contribution in [3.63, 3.8) is 0 Å². The molecule has 72 valence electrons. The Morgan fingerprint density at radius 2 is 2.29 bits per heavy atom. The van der Waals surface area contributed by atoms with Crippen LogP contribution in [0.5, 0.6) is 5.88 Å². The first-order valence-electron chi connectivity index (χ1n) is 5.02. The zero-order valence-electron chi connectivity index (χ0n) is 7.89. The van der Waals surface area contributed by atoms with Gasteiger partial charge in [0, 0.05) is 6.20 Å². The first-order chi connectivity index (χ1) is 6.93. The molecule has 3 rings (SSSR count). The number of rotatable bonds is 2. The molecule has 0 bridgehead atoms. The number of nitrogens with zero attached hydrogens (tertiary/aromatic N) is 2. The minimum Gasteiger partial charge on any atom is -0.474 e. The van der Waals surface area contributed by atoms with E-state index in [9.17, 15) is 0 Å². The molecule has 3 heteroatoms. The third kappa shape index (κ3) is 1.16. The van der Waals surface area contributed by atoms with Crippen molar-refractivity contribution in [1.82, 2.24) is 9.38 Å². The lowest BCUT2D eigenvalue weighted by molar-refractivity contribution is 0.113. The predicted molar refractivity (Wildman–Crippen MR) is 53.5 cm³/mol. The lowest BCUT2D eigenvalue weighted by atomic mass is 9.96. The van der Waals surface area contributed by atoms with Crippen LogP contribution in [-0.4, -0.2) is 15.5 Å². The fourth-order valence-corrected chi connectivity index (χ4v) is 1.66. The van der Waals surface area contributed by atoms with Crippen LogP contribution in [-0.2, 0) is 0 Å². The lowest BCUT2D eigenvalue weighted by Gasteiger charge is -2.25. The highest BCUT2D eigenvalue weighted by Crippen LogP contribution is 2.25. The number of aromatic nitrogens is 2. The maximum absolute atomic E-state index is 5.80. The van der Waals surface area contributed by atoms with Gasteiger partial charge in [0.15, 0.2) is 0 Å². The van der Waals surface area contributed by atoms with Gasteiger partial charge in [-0.3, -0.25) is 4.40 Å². The number of pyridine rings is 1. The van der Waals surface area contributed by atoms with Gasteiger partial charge < -0.3 is 4.74 Å². The van der Waals surface area contributed by atoms with Gasteiger partial charge in [0.2, 0.25) is 5.88 Å². The molecular formula is C11H12N2O. The van der Waals surface area contributed by atoms with E-state index in [1.807, 2.05) is 28.8 Å². The fourth-order valence-electron chi connectivity index (χ4n) is 1.66. The SMILES string of the molecule is c1ccn2c(OC3CCC3)cnc2c1. The average molecular weight is 188 g/mol. The van der Waals surface area contributed by atoms with Crippen LogP contribution < -0.4 is 4.74 Å². The summed E-state index contributed by atoms with van der Waals surface area (Å²) in [5.41, 5.74) is 0.946. The van der Waals surface area contributed by atoms with Gasteiger partial charge in [0.25, 0.3) is 0 Å². The van der Waals surface area contributed by atoms with Gasteiger partial charge in [-0.05, 0) is 31.4 Å². The zero-order chi connectivity index (χ0) is 9.38. The van der Waals surface area contributed by atoms with Gasteiger partial charge in [-0.15, -0.1) is 0 Å². The third-order valence-corrected chi connectivity index (χ3v) is 2.72. The maximum atomic E-state index is 5.80. The second kappa shape index (κ2) is 3.01. The van der Waals surface area contributed by atoms with E-state index in [2.05, 4.69) is 4.98 Å². The zero-order valence-corrected chi connectivity index (χ0v) is 7.89. The van der Waals surface area contributed by atoms with Crippen molar-refractivity contribution >= 4 is 5.65 Å². The number of hydrogen-bond donors (Lipinski definition) is 0. The molecule has 3 nitrogen and oxygen atoms in total. The Morgan fingerprint density at radius 1 is 1.36 bits per heavy atom. The van der Waals surface area contributed by atoms with Gasteiger partial charge >= 0.3 is 0 Å². The smallest absolute Gasteiger partial charge is 0.218 e. The molecule has 2 heterocycles. The molecule has 0 aromatic carbocycles. The number of fused-ring (bicyclic) bond motifs is 1. The summed E-state index contributed by atoms with van der Waals surface area (Å²) in [7, 11) is 0. The highest BCUT2D eigenvalue weighted by molar-refractivity contribution is 5.41. The predicted octanol–water partition coefficient (Wildman–Crippen LogP) is 2.27. The number of hydrogen-bond acceptors (Lipinski definition) is 2. The summed E-state index contributed by atoms with van der Waals surface area (Å²) in [5.74, 6) is 0.866. The average Bonchev–Trinajstić information content (AvgIpc) is 2.55. The Balaban J connectivity index is 1.95. The monoisotopic (exact) mass is 188 g/mol. The van der Waals surface area contributed by atoms with Gasteiger partial charge in [-0.25, -0.2) is 4.98 Å². The summed E-state index contributed by atoms with van der Waals surface area (Å²) >= 11 is 0. The van der Waals surface area contributed by atoms with Crippen molar-refractivity contribution in [2.45, 2.75) is 25.4 Å². The molecule has 1 aliphatic rings. The summed E-state index contributed by atoms with van der Waals surface area (Å²) < 4.78 is 7.79. The van der Waals surface area contributed by atoms with E-state index >= 15 is 0 Å². The topological polar surface area (TPSA) is 26.5 Å². The first kappa shape index (κ1) is 7.85. The lowest BCUT2D eigenvalue weighted by Crippen LogP contribution is -2.25. The highest BCUT2D eigenvalue weighted by Gasteiger charge is 2.20. The summed E-state index contributed by atoms with van der Waals surface area (Å²) in [6.45, 7) is 0. The van der Waals surface area contributed by atoms with E-state index in [-0.39, 0.29) is 0 Å². The van der Waals surface area contributed by atoms with Crippen molar-refractivity contribution in [3.05, 3.63) is 30.6 Å². The van der Waals surface area contributed by atoms with Crippen LogP contribution in [0.1, 0.15) is 19.3 Å². The van der Waals surface area contributed by atoms with Crippen molar-refractivity contribution in [1.29, 1.82) is 0 Å². The van der Waals surface area contributed by atoms with Crippen LogP contribution in [0.15, 0.2) is 30.6 Å². The van der Waals surface area contributed by atoms with E-state index in [4.69, 9.17) is 4.74 Å². The van der Waals surface area contributed by atoms with E-state index in [0.717, 1.165) is 11.5 Å². The van der Waals surface area contributed by atoms with Gasteiger partial charge in [-0.2, -0.15) is 0 Å². The second-order valence-electron chi connectivity index (χ2n) is 3.70. The van der Waals surface area contributed by atoms with Crippen LogP contribution in [0.2, 0.25) is 0 Å². The molecule has 0 spiro atoms. The molecule has 0 atom stereocenters. The molecule has 0 aliphatic heterocycles. The minimum atomic E-state index is 0.412. The molecule has 0 radical (unpaired) electrons. The van der Waals surface area contributed by atoms with Crippen LogP contribution in [0.4, 0.5) is 0 Å². The minimum absolute atomic E-state index is 0.412. The van der Waals surface area contributed by atoms with Crippen LogP contribution >= 0.6 is 0 Å². The molecule has 0 unspecified atom stereocenters. The summed E-state index contributed by atoms with van der Waals surface area (Å²) in [4.78, 5) is 4.27. The van der Waals surface area contributed by atoms with E-state index in [1.165, 1.54) is 19.3 Å². The molecule has 2 aromatic heterocycles.